The fraction of sp³-hybridized carbons (Fsp3) is 0.556. The maximum Gasteiger partial charge on any atom is 0.278 e. The summed E-state index contributed by atoms with van der Waals surface area (Å²) in [6.07, 6.45) is 0.597. The first-order valence-electron chi connectivity index (χ1n) is 8.93. The molecule has 0 saturated carbocycles. The number of carbonyl (C=O) groups excluding carboxylic acids is 2. The SMILES string of the molecule is COc1cc(CO)c([N+](=O)[O-])cc1OCCCC(=O)NCCNC(=O)C(C)C. The third kappa shape index (κ3) is 7.39. The Kier molecular flexibility index (Phi) is 9.72. The van der Waals surface area contributed by atoms with Gasteiger partial charge in [0.25, 0.3) is 5.69 Å². The van der Waals surface area contributed by atoms with Crippen molar-refractivity contribution in [3.05, 3.63) is 27.8 Å². The number of aliphatic hydroxyl groups excluding tert-OH is 1. The number of ether oxygens (including phenoxy) is 2. The molecule has 0 saturated heterocycles. The van der Waals surface area contributed by atoms with E-state index < -0.39 is 11.5 Å². The van der Waals surface area contributed by atoms with Gasteiger partial charge in [0.2, 0.25) is 11.8 Å². The number of nitro benzene ring substituents is 1. The summed E-state index contributed by atoms with van der Waals surface area (Å²) in [7, 11) is 1.39. The van der Waals surface area contributed by atoms with Crippen LogP contribution < -0.4 is 20.1 Å². The van der Waals surface area contributed by atoms with Crippen molar-refractivity contribution < 1.29 is 29.1 Å². The van der Waals surface area contributed by atoms with Crippen molar-refractivity contribution in [1.29, 1.82) is 0 Å². The molecular weight excluding hydrogens is 370 g/mol. The largest absolute Gasteiger partial charge is 0.493 e. The number of amides is 2. The normalized spacial score (nSPS) is 10.5. The molecule has 0 aliphatic rings. The lowest BCUT2D eigenvalue weighted by Crippen LogP contribution is -2.36. The summed E-state index contributed by atoms with van der Waals surface area (Å²) in [6.45, 7) is 3.93. The van der Waals surface area contributed by atoms with E-state index >= 15 is 0 Å². The molecule has 1 rings (SSSR count). The first-order valence-corrected chi connectivity index (χ1v) is 8.93. The van der Waals surface area contributed by atoms with Crippen LogP contribution in [-0.4, -0.2) is 48.7 Å². The van der Waals surface area contributed by atoms with E-state index in [9.17, 15) is 24.8 Å². The molecule has 0 fully saturated rings. The smallest absolute Gasteiger partial charge is 0.278 e. The third-order valence-electron chi connectivity index (χ3n) is 3.81. The van der Waals surface area contributed by atoms with Crippen LogP contribution in [0.2, 0.25) is 0 Å². The Morgan fingerprint density at radius 2 is 1.89 bits per heavy atom. The number of nitrogens with one attached hydrogen (secondary N) is 2. The van der Waals surface area contributed by atoms with Crippen LogP contribution in [0.1, 0.15) is 32.3 Å². The maximum atomic E-state index is 11.8. The van der Waals surface area contributed by atoms with Gasteiger partial charge in [0.05, 0.1) is 36.9 Å². The number of aliphatic hydroxyl groups is 1. The standard InChI is InChI=1S/C18H27N3O7/c1-12(2)18(24)20-7-6-19-17(23)5-4-8-28-16-10-14(21(25)26)13(11-22)9-15(16)27-3/h9-10,12,22H,4-8,11H2,1-3H3,(H,19,23)(H,20,24). The Morgan fingerprint density at radius 1 is 1.21 bits per heavy atom. The molecule has 0 radical (unpaired) electrons. The number of hydrogen-bond donors (Lipinski definition) is 3. The number of rotatable bonds is 12. The van der Waals surface area contributed by atoms with Crippen molar-refractivity contribution in [3.63, 3.8) is 0 Å². The summed E-state index contributed by atoms with van der Waals surface area (Å²) in [6, 6.07) is 2.55. The lowest BCUT2D eigenvalue weighted by Gasteiger charge is -2.12. The lowest BCUT2D eigenvalue weighted by molar-refractivity contribution is -0.385. The second-order valence-electron chi connectivity index (χ2n) is 6.29. The van der Waals surface area contributed by atoms with E-state index in [2.05, 4.69) is 10.6 Å². The van der Waals surface area contributed by atoms with Crippen LogP contribution in [0.4, 0.5) is 5.69 Å². The summed E-state index contributed by atoms with van der Waals surface area (Å²) in [4.78, 5) is 33.6. The van der Waals surface area contributed by atoms with Gasteiger partial charge in [-0.2, -0.15) is 0 Å². The highest BCUT2D eigenvalue weighted by Gasteiger charge is 2.19. The molecule has 1 aromatic rings. The second-order valence-corrected chi connectivity index (χ2v) is 6.29. The molecule has 28 heavy (non-hydrogen) atoms. The molecule has 156 valence electrons. The van der Waals surface area contributed by atoms with Crippen LogP contribution in [0.15, 0.2) is 12.1 Å². The first kappa shape index (κ1) is 23.2. The van der Waals surface area contributed by atoms with E-state index in [0.717, 1.165) is 0 Å². The quantitative estimate of drug-likeness (QED) is 0.273. The molecule has 0 aliphatic heterocycles. The molecule has 0 heterocycles. The van der Waals surface area contributed by atoms with Crippen molar-refractivity contribution in [1.82, 2.24) is 10.6 Å². The van der Waals surface area contributed by atoms with Gasteiger partial charge in [0.15, 0.2) is 11.5 Å². The molecule has 10 nitrogen and oxygen atoms in total. The number of methoxy groups -OCH3 is 1. The van der Waals surface area contributed by atoms with Gasteiger partial charge in [-0.25, -0.2) is 0 Å². The van der Waals surface area contributed by atoms with Crippen LogP contribution in [0.5, 0.6) is 11.5 Å². The Bertz CT molecular complexity index is 692. The van der Waals surface area contributed by atoms with Gasteiger partial charge in [0, 0.05) is 25.4 Å². The molecule has 0 atom stereocenters. The molecule has 2 amide bonds. The van der Waals surface area contributed by atoms with Gasteiger partial charge >= 0.3 is 0 Å². The van der Waals surface area contributed by atoms with Crippen molar-refractivity contribution in [2.75, 3.05) is 26.8 Å². The van der Waals surface area contributed by atoms with Crippen LogP contribution in [0, 0.1) is 16.0 Å². The van der Waals surface area contributed by atoms with Crippen molar-refractivity contribution in [3.8, 4) is 11.5 Å². The zero-order valence-corrected chi connectivity index (χ0v) is 16.3. The number of nitrogens with zero attached hydrogens (tertiary/aromatic N) is 1. The fourth-order valence-electron chi connectivity index (χ4n) is 2.26. The highest BCUT2D eigenvalue weighted by atomic mass is 16.6. The Balaban J connectivity index is 2.43. The molecule has 0 aromatic heterocycles. The van der Waals surface area contributed by atoms with E-state index in [1.165, 1.54) is 19.2 Å². The van der Waals surface area contributed by atoms with Crippen molar-refractivity contribution >= 4 is 17.5 Å². The monoisotopic (exact) mass is 397 g/mol. The van der Waals surface area contributed by atoms with Gasteiger partial charge < -0.3 is 25.2 Å². The number of nitro groups is 1. The number of hydrogen-bond acceptors (Lipinski definition) is 7. The molecule has 3 N–H and O–H groups in total. The highest BCUT2D eigenvalue weighted by Crippen LogP contribution is 2.34. The summed E-state index contributed by atoms with van der Waals surface area (Å²) >= 11 is 0. The van der Waals surface area contributed by atoms with E-state index in [-0.39, 0.29) is 53.5 Å². The molecular formula is C18H27N3O7. The van der Waals surface area contributed by atoms with Crippen molar-refractivity contribution in [2.24, 2.45) is 5.92 Å². The van der Waals surface area contributed by atoms with Gasteiger partial charge in [0.1, 0.15) is 0 Å². The topological polar surface area (TPSA) is 140 Å². The average molecular weight is 397 g/mol. The molecule has 0 unspecified atom stereocenters. The van der Waals surface area contributed by atoms with E-state index in [1.54, 1.807) is 13.8 Å². The maximum absolute atomic E-state index is 11.8. The predicted molar refractivity (Wildman–Crippen MR) is 101 cm³/mol. The molecule has 0 spiro atoms. The van der Waals surface area contributed by atoms with Gasteiger partial charge in [-0.05, 0) is 12.5 Å². The lowest BCUT2D eigenvalue weighted by atomic mass is 10.1. The zero-order chi connectivity index (χ0) is 21.1. The van der Waals surface area contributed by atoms with Gasteiger partial charge in [-0.15, -0.1) is 0 Å². The summed E-state index contributed by atoms with van der Waals surface area (Å²) in [5, 5.41) is 25.7. The van der Waals surface area contributed by atoms with Gasteiger partial charge in [-0.1, -0.05) is 13.8 Å². The molecule has 0 bridgehead atoms. The summed E-state index contributed by atoms with van der Waals surface area (Å²) in [5.74, 6) is 0.0733. The molecule has 0 aliphatic carbocycles. The van der Waals surface area contributed by atoms with E-state index in [0.29, 0.717) is 19.5 Å². The van der Waals surface area contributed by atoms with Crippen LogP contribution >= 0.6 is 0 Å². The number of carbonyl (C=O) groups is 2. The van der Waals surface area contributed by atoms with Gasteiger partial charge in [-0.3, -0.25) is 19.7 Å². The minimum Gasteiger partial charge on any atom is -0.493 e. The minimum atomic E-state index is -0.608. The van der Waals surface area contributed by atoms with Crippen molar-refractivity contribution in [2.45, 2.75) is 33.3 Å². The first-order chi connectivity index (χ1) is 13.3. The van der Waals surface area contributed by atoms with Crippen LogP contribution in [-0.2, 0) is 16.2 Å². The summed E-state index contributed by atoms with van der Waals surface area (Å²) in [5.41, 5.74) is -0.141. The molecule has 10 heteroatoms. The second kappa shape index (κ2) is 11.8. The van der Waals surface area contributed by atoms with Crippen LogP contribution in [0.3, 0.4) is 0 Å². The Labute approximate surface area is 163 Å². The predicted octanol–water partition coefficient (Wildman–Crippen LogP) is 1.14. The Hall–Kier alpha value is -2.88. The van der Waals surface area contributed by atoms with E-state index in [1.807, 2.05) is 0 Å². The fourth-order valence-corrected chi connectivity index (χ4v) is 2.26. The third-order valence-corrected chi connectivity index (χ3v) is 3.81. The average Bonchev–Trinajstić information content (AvgIpc) is 2.67. The summed E-state index contributed by atoms with van der Waals surface area (Å²) < 4.78 is 10.6. The highest BCUT2D eigenvalue weighted by molar-refractivity contribution is 5.78. The number of benzene rings is 1. The zero-order valence-electron chi connectivity index (χ0n) is 16.3. The Morgan fingerprint density at radius 3 is 2.46 bits per heavy atom. The van der Waals surface area contributed by atoms with Crippen LogP contribution in [0.25, 0.3) is 0 Å². The molecule has 1 aromatic carbocycles. The minimum absolute atomic E-state index is 0.0714. The van der Waals surface area contributed by atoms with E-state index in [4.69, 9.17) is 9.47 Å².